The molecule has 0 aromatic heterocycles. The first-order valence-corrected chi connectivity index (χ1v) is 12.0. The quantitative estimate of drug-likeness (QED) is 0.507. The summed E-state index contributed by atoms with van der Waals surface area (Å²) in [5.74, 6) is 1.60. The predicted octanol–water partition coefficient (Wildman–Crippen LogP) is 4.85. The first-order chi connectivity index (χ1) is 12.7. The van der Waals surface area contributed by atoms with Gasteiger partial charge < -0.3 is 10.2 Å². The topological polar surface area (TPSA) is 49.4 Å². The highest BCUT2D eigenvalue weighted by molar-refractivity contribution is 8.77. The Kier molecular flexibility index (Phi) is 7.74. The third-order valence-electron chi connectivity index (χ3n) is 4.91. The predicted molar refractivity (Wildman–Crippen MR) is 111 cm³/mol. The summed E-state index contributed by atoms with van der Waals surface area (Å²) in [6.45, 7) is 1.48. The molecule has 1 aromatic carbocycles. The van der Waals surface area contributed by atoms with Crippen molar-refractivity contribution in [3.63, 3.8) is 0 Å². The second kappa shape index (κ2) is 10.3. The van der Waals surface area contributed by atoms with Crippen molar-refractivity contribution in [3.8, 4) is 0 Å². The van der Waals surface area contributed by atoms with Crippen LogP contribution in [0.1, 0.15) is 56.9 Å². The molecule has 26 heavy (non-hydrogen) atoms. The van der Waals surface area contributed by atoms with Gasteiger partial charge in [0.2, 0.25) is 11.8 Å². The second-order valence-electron chi connectivity index (χ2n) is 7.10. The van der Waals surface area contributed by atoms with Crippen LogP contribution in [0.4, 0.5) is 5.69 Å². The van der Waals surface area contributed by atoms with Crippen LogP contribution in [0, 0.1) is 0 Å². The Morgan fingerprint density at radius 2 is 2.19 bits per heavy atom. The molecule has 1 N–H and O–H groups in total. The third kappa shape index (κ3) is 6.23. The molecule has 0 spiro atoms. The number of carbonyl (C=O) groups excluding carboxylic acids is 2. The Hall–Kier alpha value is -1.14. The van der Waals surface area contributed by atoms with E-state index in [0.29, 0.717) is 19.4 Å². The lowest BCUT2D eigenvalue weighted by Crippen LogP contribution is -2.34. The summed E-state index contributed by atoms with van der Waals surface area (Å²) in [6.07, 6.45) is 7.95. The number of likely N-dealkylation sites (tertiary alicyclic amines) is 1. The molecule has 2 amide bonds. The minimum Gasteiger partial charge on any atom is -0.338 e. The Morgan fingerprint density at radius 1 is 1.27 bits per heavy atom. The SMILES string of the molecule is O=C(CCCCC1CCSS1)Nc1cccc(CN2CCCCC2=O)c1. The van der Waals surface area contributed by atoms with E-state index in [0.717, 1.165) is 48.7 Å². The summed E-state index contributed by atoms with van der Waals surface area (Å²) >= 11 is 0. The van der Waals surface area contributed by atoms with E-state index in [1.807, 2.05) is 50.8 Å². The van der Waals surface area contributed by atoms with E-state index in [1.165, 1.54) is 18.6 Å². The molecular weight excluding hydrogens is 364 g/mol. The minimum atomic E-state index is 0.0876. The van der Waals surface area contributed by atoms with Crippen molar-refractivity contribution in [3.05, 3.63) is 29.8 Å². The van der Waals surface area contributed by atoms with Crippen LogP contribution in [0.2, 0.25) is 0 Å². The molecule has 2 fully saturated rings. The highest BCUT2D eigenvalue weighted by atomic mass is 33.1. The fourth-order valence-electron chi connectivity index (χ4n) is 3.44. The third-order valence-corrected chi connectivity index (χ3v) is 7.92. The van der Waals surface area contributed by atoms with Crippen molar-refractivity contribution in [1.82, 2.24) is 4.90 Å². The van der Waals surface area contributed by atoms with Gasteiger partial charge in [0.15, 0.2) is 0 Å². The molecule has 2 heterocycles. The van der Waals surface area contributed by atoms with Gasteiger partial charge in [-0.05, 0) is 49.8 Å². The fourth-order valence-corrected chi connectivity index (χ4v) is 6.47. The Morgan fingerprint density at radius 3 is 3.00 bits per heavy atom. The Labute approximate surface area is 164 Å². The van der Waals surface area contributed by atoms with Crippen LogP contribution >= 0.6 is 21.6 Å². The number of amides is 2. The van der Waals surface area contributed by atoms with E-state index in [-0.39, 0.29) is 11.8 Å². The zero-order valence-electron chi connectivity index (χ0n) is 15.2. The minimum absolute atomic E-state index is 0.0876. The molecular formula is C20H28N2O2S2. The number of unbranched alkanes of at least 4 members (excludes halogenated alkanes) is 1. The zero-order chi connectivity index (χ0) is 18.2. The van der Waals surface area contributed by atoms with E-state index in [1.54, 1.807) is 0 Å². The van der Waals surface area contributed by atoms with E-state index in [9.17, 15) is 9.59 Å². The van der Waals surface area contributed by atoms with Crippen molar-refractivity contribution >= 4 is 39.1 Å². The number of rotatable bonds is 8. The summed E-state index contributed by atoms with van der Waals surface area (Å²) in [5.41, 5.74) is 1.91. The maximum atomic E-state index is 12.2. The molecule has 1 unspecified atom stereocenters. The average molecular weight is 393 g/mol. The van der Waals surface area contributed by atoms with Crippen LogP contribution in [-0.2, 0) is 16.1 Å². The van der Waals surface area contributed by atoms with Crippen LogP contribution < -0.4 is 5.32 Å². The standard InChI is InChI=1S/C20H28N2O2S2/c23-19(9-2-1-8-18-11-13-25-26-18)21-17-7-5-6-16(14-17)15-22-12-4-3-10-20(22)24/h5-7,14,18H,1-4,8-13,15H2,(H,21,23). The summed E-state index contributed by atoms with van der Waals surface area (Å²) < 4.78 is 0. The van der Waals surface area contributed by atoms with Crippen LogP contribution in [0.5, 0.6) is 0 Å². The molecule has 0 saturated carbocycles. The molecule has 4 nitrogen and oxygen atoms in total. The van der Waals surface area contributed by atoms with Gasteiger partial charge in [-0.1, -0.05) is 40.1 Å². The van der Waals surface area contributed by atoms with Crippen LogP contribution in [-0.4, -0.2) is 34.3 Å². The number of benzene rings is 1. The van der Waals surface area contributed by atoms with Gasteiger partial charge in [-0.2, -0.15) is 0 Å². The molecule has 1 aromatic rings. The highest BCUT2D eigenvalue weighted by Crippen LogP contribution is 2.39. The molecule has 2 saturated heterocycles. The van der Waals surface area contributed by atoms with Gasteiger partial charge in [-0.3, -0.25) is 9.59 Å². The Bertz CT molecular complexity index is 618. The summed E-state index contributed by atoms with van der Waals surface area (Å²) in [4.78, 5) is 26.1. The normalized spacial score (nSPS) is 20.4. The maximum Gasteiger partial charge on any atom is 0.224 e. The van der Waals surface area contributed by atoms with Gasteiger partial charge in [0.05, 0.1) is 0 Å². The molecule has 2 aliphatic heterocycles. The molecule has 0 bridgehead atoms. The second-order valence-corrected chi connectivity index (χ2v) is 9.88. The monoisotopic (exact) mass is 392 g/mol. The molecule has 6 heteroatoms. The molecule has 142 valence electrons. The number of piperidine rings is 1. The largest absolute Gasteiger partial charge is 0.338 e. The highest BCUT2D eigenvalue weighted by Gasteiger charge is 2.18. The summed E-state index contributed by atoms with van der Waals surface area (Å²) in [7, 11) is 3.98. The smallest absolute Gasteiger partial charge is 0.224 e. The lowest BCUT2D eigenvalue weighted by Gasteiger charge is -2.26. The van der Waals surface area contributed by atoms with Crippen LogP contribution in [0.3, 0.4) is 0 Å². The van der Waals surface area contributed by atoms with Gasteiger partial charge in [-0.15, -0.1) is 0 Å². The van der Waals surface area contributed by atoms with Crippen LogP contribution in [0.15, 0.2) is 24.3 Å². The summed E-state index contributed by atoms with van der Waals surface area (Å²) in [5, 5.41) is 3.80. The molecule has 0 aliphatic carbocycles. The zero-order valence-corrected chi connectivity index (χ0v) is 16.9. The number of hydrogen-bond donors (Lipinski definition) is 1. The van der Waals surface area contributed by atoms with E-state index in [4.69, 9.17) is 0 Å². The first-order valence-electron chi connectivity index (χ1n) is 9.65. The number of nitrogens with one attached hydrogen (secondary N) is 1. The first kappa shape index (κ1) is 19.6. The number of hydrogen-bond acceptors (Lipinski definition) is 4. The van der Waals surface area contributed by atoms with Crippen LogP contribution in [0.25, 0.3) is 0 Å². The van der Waals surface area contributed by atoms with E-state index >= 15 is 0 Å². The van der Waals surface area contributed by atoms with Crippen molar-refractivity contribution in [2.75, 3.05) is 17.6 Å². The molecule has 1 atom stereocenters. The van der Waals surface area contributed by atoms with Gasteiger partial charge in [0.25, 0.3) is 0 Å². The number of carbonyl (C=O) groups is 2. The summed E-state index contributed by atoms with van der Waals surface area (Å²) in [6, 6.07) is 7.89. The van der Waals surface area contributed by atoms with Crippen molar-refractivity contribution in [2.24, 2.45) is 0 Å². The lowest BCUT2D eigenvalue weighted by molar-refractivity contribution is -0.133. The van der Waals surface area contributed by atoms with Gasteiger partial charge in [-0.25, -0.2) is 0 Å². The van der Waals surface area contributed by atoms with Crippen molar-refractivity contribution < 1.29 is 9.59 Å². The maximum absolute atomic E-state index is 12.2. The fraction of sp³-hybridized carbons (Fsp3) is 0.600. The molecule has 2 aliphatic rings. The lowest BCUT2D eigenvalue weighted by atomic mass is 10.1. The molecule has 0 radical (unpaired) electrons. The van der Waals surface area contributed by atoms with Crippen molar-refractivity contribution in [1.29, 1.82) is 0 Å². The van der Waals surface area contributed by atoms with Gasteiger partial charge in [0, 0.05) is 42.6 Å². The molecule has 3 rings (SSSR count). The van der Waals surface area contributed by atoms with E-state index in [2.05, 4.69) is 5.32 Å². The van der Waals surface area contributed by atoms with Gasteiger partial charge >= 0.3 is 0 Å². The number of anilines is 1. The van der Waals surface area contributed by atoms with E-state index < -0.39 is 0 Å². The average Bonchev–Trinajstić information content (AvgIpc) is 3.15. The Balaban J connectivity index is 1.40. The number of nitrogens with zero attached hydrogens (tertiary/aromatic N) is 1. The van der Waals surface area contributed by atoms with Crippen molar-refractivity contribution in [2.45, 2.75) is 63.2 Å². The van der Waals surface area contributed by atoms with Gasteiger partial charge in [0.1, 0.15) is 0 Å².